The number of aromatic nitrogens is 1. The number of rotatable bonds is 5. The molecule has 5 nitrogen and oxygen atoms in total. The Kier molecular flexibility index (Phi) is 5.47. The second-order valence-corrected chi connectivity index (χ2v) is 7.36. The molecule has 3 aromatic rings. The molecule has 29 heavy (non-hydrogen) atoms. The average Bonchev–Trinajstić information content (AvgIpc) is 2.77. The quantitative estimate of drug-likeness (QED) is 0.719. The molecule has 0 aliphatic carbocycles. The van der Waals surface area contributed by atoms with Gasteiger partial charge in [-0.25, -0.2) is 0 Å². The van der Waals surface area contributed by atoms with E-state index in [0.717, 1.165) is 36.3 Å². The summed E-state index contributed by atoms with van der Waals surface area (Å²) in [5, 5.41) is 9.76. The fourth-order valence-corrected chi connectivity index (χ4v) is 3.83. The van der Waals surface area contributed by atoms with E-state index in [2.05, 4.69) is 22.9 Å². The Morgan fingerprint density at radius 1 is 1.14 bits per heavy atom. The van der Waals surface area contributed by atoms with E-state index >= 15 is 0 Å². The van der Waals surface area contributed by atoms with Crippen molar-refractivity contribution in [2.24, 2.45) is 0 Å². The van der Waals surface area contributed by atoms with Gasteiger partial charge in [0.25, 0.3) is 5.91 Å². The second kappa shape index (κ2) is 8.35. The molecule has 0 radical (unpaired) electrons. The highest BCUT2D eigenvalue weighted by Gasteiger charge is 2.22. The average molecular weight is 387 g/mol. The minimum absolute atomic E-state index is 0.0262. The maximum atomic E-state index is 13.2. The molecule has 1 N–H and O–H groups in total. The monoisotopic (exact) mass is 387 g/mol. The van der Waals surface area contributed by atoms with Gasteiger partial charge < -0.3 is 14.9 Å². The van der Waals surface area contributed by atoms with Gasteiger partial charge in [-0.3, -0.25) is 9.78 Å². The van der Waals surface area contributed by atoms with Crippen molar-refractivity contribution in [3.05, 3.63) is 89.2 Å². The van der Waals surface area contributed by atoms with Crippen LogP contribution in [0.4, 0.5) is 5.69 Å². The molecule has 4 rings (SSSR count). The fraction of sp³-hybridized carbons (Fsp3) is 0.250. The van der Waals surface area contributed by atoms with Crippen molar-refractivity contribution in [1.82, 2.24) is 9.88 Å². The third-order valence-corrected chi connectivity index (χ3v) is 5.43. The lowest BCUT2D eigenvalue weighted by Gasteiger charge is -2.29. The van der Waals surface area contributed by atoms with Crippen LogP contribution in [-0.2, 0) is 19.5 Å². The topological polar surface area (TPSA) is 56.7 Å². The van der Waals surface area contributed by atoms with Crippen LogP contribution in [-0.4, -0.2) is 34.0 Å². The first-order chi connectivity index (χ1) is 14.1. The van der Waals surface area contributed by atoms with Crippen LogP contribution in [0.1, 0.15) is 34.0 Å². The summed E-state index contributed by atoms with van der Waals surface area (Å²) >= 11 is 0. The number of phenols is 1. The van der Waals surface area contributed by atoms with Crippen LogP contribution in [0, 0.1) is 0 Å². The Hall–Kier alpha value is -3.34. The first-order valence-electron chi connectivity index (χ1n) is 9.98. The van der Waals surface area contributed by atoms with E-state index in [9.17, 15) is 9.90 Å². The van der Waals surface area contributed by atoms with Crippen molar-refractivity contribution in [1.29, 1.82) is 0 Å². The lowest BCUT2D eigenvalue weighted by molar-refractivity contribution is 0.0734. The van der Waals surface area contributed by atoms with Gasteiger partial charge in [0, 0.05) is 49.8 Å². The summed E-state index contributed by atoms with van der Waals surface area (Å²) in [4.78, 5) is 21.4. The van der Waals surface area contributed by atoms with Crippen LogP contribution < -0.4 is 4.90 Å². The third kappa shape index (κ3) is 4.24. The van der Waals surface area contributed by atoms with E-state index in [-0.39, 0.29) is 11.7 Å². The molecule has 0 spiro atoms. The molecule has 2 aromatic carbocycles. The minimum atomic E-state index is 0.0262. The maximum absolute atomic E-state index is 13.2. The van der Waals surface area contributed by atoms with E-state index in [1.165, 1.54) is 5.56 Å². The van der Waals surface area contributed by atoms with Gasteiger partial charge in [-0.15, -0.1) is 0 Å². The van der Waals surface area contributed by atoms with Crippen molar-refractivity contribution in [2.75, 3.05) is 18.0 Å². The number of benzene rings is 2. The van der Waals surface area contributed by atoms with E-state index in [0.29, 0.717) is 18.7 Å². The molecule has 1 aromatic heterocycles. The Balaban J connectivity index is 1.53. The molecule has 0 fully saturated rings. The highest BCUT2D eigenvalue weighted by atomic mass is 16.3. The minimum Gasteiger partial charge on any atom is -0.508 e. The number of pyridine rings is 1. The Bertz CT molecular complexity index is 1000. The molecule has 148 valence electrons. The number of aromatic hydroxyl groups is 1. The summed E-state index contributed by atoms with van der Waals surface area (Å²) in [5.41, 5.74) is 5.08. The highest BCUT2D eigenvalue weighted by Crippen LogP contribution is 2.25. The number of anilines is 1. The summed E-state index contributed by atoms with van der Waals surface area (Å²) in [5.74, 6) is 0.271. The van der Waals surface area contributed by atoms with E-state index < -0.39 is 0 Å². The third-order valence-electron chi connectivity index (χ3n) is 5.43. The molecule has 1 aliphatic rings. The zero-order valence-electron chi connectivity index (χ0n) is 16.6. The Morgan fingerprint density at radius 2 is 2.03 bits per heavy atom. The number of carbonyl (C=O) groups is 1. The highest BCUT2D eigenvalue weighted by molar-refractivity contribution is 5.95. The molecular weight excluding hydrogens is 362 g/mol. The Morgan fingerprint density at radius 3 is 2.83 bits per heavy atom. The first kappa shape index (κ1) is 19.0. The predicted molar refractivity (Wildman–Crippen MR) is 114 cm³/mol. The van der Waals surface area contributed by atoms with Gasteiger partial charge in [-0.05, 0) is 66.4 Å². The van der Waals surface area contributed by atoms with Crippen molar-refractivity contribution in [2.45, 2.75) is 26.4 Å². The van der Waals surface area contributed by atoms with Crippen LogP contribution in [0.3, 0.4) is 0 Å². The number of fused-ring (bicyclic) bond motifs is 1. The maximum Gasteiger partial charge on any atom is 0.254 e. The van der Waals surface area contributed by atoms with Gasteiger partial charge in [-0.2, -0.15) is 0 Å². The largest absolute Gasteiger partial charge is 0.508 e. The van der Waals surface area contributed by atoms with Crippen molar-refractivity contribution >= 4 is 11.6 Å². The van der Waals surface area contributed by atoms with E-state index in [4.69, 9.17) is 0 Å². The standard InChI is InChI=1S/C24H25N3O2/c1-2-26(16-18-5-4-11-25-15-18)22-7-3-6-20(13-22)24(29)27-12-10-19-8-9-23(28)14-21(19)17-27/h3-9,11,13-15,28H,2,10,12,16-17H2,1H3. The molecule has 5 heteroatoms. The number of carbonyl (C=O) groups excluding carboxylic acids is 1. The first-order valence-corrected chi connectivity index (χ1v) is 9.98. The number of hydrogen-bond donors (Lipinski definition) is 1. The van der Waals surface area contributed by atoms with Crippen LogP contribution >= 0.6 is 0 Å². The zero-order valence-corrected chi connectivity index (χ0v) is 16.6. The van der Waals surface area contributed by atoms with Crippen LogP contribution in [0.5, 0.6) is 5.75 Å². The van der Waals surface area contributed by atoms with Gasteiger partial charge in [0.2, 0.25) is 0 Å². The SMILES string of the molecule is CCN(Cc1cccnc1)c1cccc(C(=O)N2CCc3ccc(O)cc3C2)c1. The molecule has 0 saturated heterocycles. The second-order valence-electron chi connectivity index (χ2n) is 7.36. The molecule has 1 amide bonds. The van der Waals surface area contributed by atoms with Gasteiger partial charge >= 0.3 is 0 Å². The Labute approximate surface area is 171 Å². The molecule has 0 bridgehead atoms. The normalized spacial score (nSPS) is 13.1. The molecule has 0 saturated carbocycles. The number of phenolic OH excluding ortho intramolecular Hbond substituents is 1. The van der Waals surface area contributed by atoms with E-state index in [1.807, 2.05) is 47.5 Å². The number of amides is 1. The zero-order chi connectivity index (χ0) is 20.2. The number of hydrogen-bond acceptors (Lipinski definition) is 4. The van der Waals surface area contributed by atoms with Gasteiger partial charge in [-0.1, -0.05) is 18.2 Å². The van der Waals surface area contributed by atoms with Gasteiger partial charge in [0.15, 0.2) is 0 Å². The molecule has 0 atom stereocenters. The summed E-state index contributed by atoms with van der Waals surface area (Å²) in [6.07, 6.45) is 4.46. The van der Waals surface area contributed by atoms with E-state index in [1.54, 1.807) is 18.3 Å². The van der Waals surface area contributed by atoms with Gasteiger partial charge in [0.1, 0.15) is 5.75 Å². The fourth-order valence-electron chi connectivity index (χ4n) is 3.83. The smallest absolute Gasteiger partial charge is 0.254 e. The van der Waals surface area contributed by atoms with Crippen molar-refractivity contribution in [3.8, 4) is 5.75 Å². The summed E-state index contributed by atoms with van der Waals surface area (Å²) < 4.78 is 0. The number of nitrogens with zero attached hydrogens (tertiary/aromatic N) is 3. The van der Waals surface area contributed by atoms with Crippen LogP contribution in [0.25, 0.3) is 0 Å². The van der Waals surface area contributed by atoms with Crippen LogP contribution in [0.15, 0.2) is 67.0 Å². The lowest BCUT2D eigenvalue weighted by Crippen LogP contribution is -2.36. The van der Waals surface area contributed by atoms with Crippen LogP contribution in [0.2, 0.25) is 0 Å². The summed E-state index contributed by atoms with van der Waals surface area (Å²) in [7, 11) is 0. The molecular formula is C24H25N3O2. The van der Waals surface area contributed by atoms with Crippen molar-refractivity contribution < 1.29 is 9.90 Å². The molecule has 1 aliphatic heterocycles. The lowest BCUT2D eigenvalue weighted by atomic mass is 9.98. The molecule has 0 unspecified atom stereocenters. The molecule has 2 heterocycles. The summed E-state index contributed by atoms with van der Waals surface area (Å²) in [6.45, 7) is 4.91. The van der Waals surface area contributed by atoms with Crippen molar-refractivity contribution in [3.63, 3.8) is 0 Å². The summed E-state index contributed by atoms with van der Waals surface area (Å²) in [6, 6.07) is 17.3. The predicted octanol–water partition coefficient (Wildman–Crippen LogP) is 4.01. The van der Waals surface area contributed by atoms with Gasteiger partial charge in [0.05, 0.1) is 0 Å².